The van der Waals surface area contributed by atoms with Crippen molar-refractivity contribution in [1.29, 1.82) is 0 Å². The lowest BCUT2D eigenvalue weighted by molar-refractivity contribution is -0.143. The largest absolute Gasteiger partial charge is 0.416 e. The van der Waals surface area contributed by atoms with Crippen molar-refractivity contribution < 1.29 is 31.1 Å². The molecule has 1 nitrogen and oxygen atoms in total. The van der Waals surface area contributed by atoms with Gasteiger partial charge in [-0.25, -0.2) is 0 Å². The van der Waals surface area contributed by atoms with Gasteiger partial charge in [-0.2, -0.15) is 26.3 Å². The zero-order valence-corrected chi connectivity index (χ0v) is 13.3. The standard InChI is InChI=1S/C17H18F6O/c1-3-4-5-12(2)6-7-24-11-13-8-14(16(18,19)20)10-15(9-13)17(21,22)23/h3-5,8-10H,6-7,11H2,1-2H3/b4-3-,12-5+. The van der Waals surface area contributed by atoms with E-state index in [-0.39, 0.29) is 24.8 Å². The molecule has 0 spiro atoms. The van der Waals surface area contributed by atoms with E-state index in [0.29, 0.717) is 18.6 Å². The summed E-state index contributed by atoms with van der Waals surface area (Å²) >= 11 is 0. The first-order chi connectivity index (χ1) is 11.0. The second kappa shape index (κ2) is 8.37. The van der Waals surface area contributed by atoms with E-state index in [1.54, 1.807) is 0 Å². The second-order valence-corrected chi connectivity index (χ2v) is 5.26. The Labute approximate surface area is 136 Å². The molecule has 0 aromatic heterocycles. The topological polar surface area (TPSA) is 9.23 Å². The summed E-state index contributed by atoms with van der Waals surface area (Å²) in [6.07, 6.45) is -3.63. The summed E-state index contributed by atoms with van der Waals surface area (Å²) < 4.78 is 81.6. The molecule has 134 valence electrons. The fraction of sp³-hybridized carbons (Fsp3) is 0.412. The molecule has 0 N–H and O–H groups in total. The van der Waals surface area contributed by atoms with Gasteiger partial charge in [0, 0.05) is 0 Å². The summed E-state index contributed by atoms with van der Waals surface area (Å²) in [6.45, 7) is 3.60. The van der Waals surface area contributed by atoms with Gasteiger partial charge in [0.2, 0.25) is 0 Å². The molecular formula is C17H18F6O. The highest BCUT2D eigenvalue weighted by Crippen LogP contribution is 2.36. The fourth-order valence-electron chi connectivity index (χ4n) is 1.87. The third-order valence-electron chi connectivity index (χ3n) is 3.13. The van der Waals surface area contributed by atoms with Crippen LogP contribution in [0.4, 0.5) is 26.3 Å². The van der Waals surface area contributed by atoms with Gasteiger partial charge in [0.05, 0.1) is 24.3 Å². The van der Waals surface area contributed by atoms with Crippen LogP contribution in [0.1, 0.15) is 37.0 Å². The van der Waals surface area contributed by atoms with Gasteiger partial charge >= 0.3 is 12.4 Å². The highest BCUT2D eigenvalue weighted by atomic mass is 19.4. The Hall–Kier alpha value is -1.76. The molecule has 24 heavy (non-hydrogen) atoms. The van der Waals surface area contributed by atoms with E-state index >= 15 is 0 Å². The summed E-state index contributed by atoms with van der Waals surface area (Å²) in [6, 6.07) is 1.46. The molecule has 1 aromatic rings. The zero-order valence-electron chi connectivity index (χ0n) is 13.3. The molecule has 0 radical (unpaired) electrons. The Balaban J connectivity index is 2.81. The lowest BCUT2D eigenvalue weighted by atomic mass is 10.1. The van der Waals surface area contributed by atoms with E-state index in [2.05, 4.69) is 0 Å². The van der Waals surface area contributed by atoms with E-state index < -0.39 is 23.5 Å². The normalized spacial score (nSPS) is 13.8. The van der Waals surface area contributed by atoms with Crippen molar-refractivity contribution in [2.24, 2.45) is 0 Å². The number of allylic oxidation sites excluding steroid dienone is 3. The fourth-order valence-corrected chi connectivity index (χ4v) is 1.87. The van der Waals surface area contributed by atoms with Crippen LogP contribution >= 0.6 is 0 Å². The molecule has 0 saturated heterocycles. The van der Waals surface area contributed by atoms with Crippen LogP contribution < -0.4 is 0 Å². The summed E-state index contributed by atoms with van der Waals surface area (Å²) in [7, 11) is 0. The van der Waals surface area contributed by atoms with Gasteiger partial charge in [-0.05, 0) is 44.0 Å². The molecule has 1 aromatic carbocycles. The Bertz CT molecular complexity index is 564. The highest BCUT2D eigenvalue weighted by Gasteiger charge is 2.36. The molecule has 0 heterocycles. The van der Waals surface area contributed by atoms with Gasteiger partial charge in [0.1, 0.15) is 0 Å². The average Bonchev–Trinajstić information content (AvgIpc) is 2.47. The Morgan fingerprint density at radius 3 is 2.00 bits per heavy atom. The predicted molar refractivity (Wildman–Crippen MR) is 79.3 cm³/mol. The monoisotopic (exact) mass is 352 g/mol. The molecule has 0 amide bonds. The first-order valence-corrected chi connectivity index (χ1v) is 7.18. The first kappa shape index (κ1) is 20.3. The van der Waals surface area contributed by atoms with Crippen LogP contribution in [-0.2, 0) is 23.7 Å². The van der Waals surface area contributed by atoms with E-state index in [9.17, 15) is 26.3 Å². The SMILES string of the molecule is C/C=C\C=C(/C)CCOCc1cc(C(F)(F)F)cc(C(F)(F)F)c1. The molecular weight excluding hydrogens is 334 g/mol. The number of ether oxygens (including phenoxy) is 1. The van der Waals surface area contributed by atoms with Crippen molar-refractivity contribution in [3.63, 3.8) is 0 Å². The maximum atomic E-state index is 12.7. The predicted octanol–water partition coefficient (Wildman–Crippen LogP) is 6.15. The number of hydrogen-bond acceptors (Lipinski definition) is 1. The van der Waals surface area contributed by atoms with Gasteiger partial charge in [0.15, 0.2) is 0 Å². The van der Waals surface area contributed by atoms with Gasteiger partial charge in [0.25, 0.3) is 0 Å². The van der Waals surface area contributed by atoms with Crippen LogP contribution in [0, 0.1) is 0 Å². The number of hydrogen-bond donors (Lipinski definition) is 0. The van der Waals surface area contributed by atoms with Crippen molar-refractivity contribution in [2.75, 3.05) is 6.61 Å². The Kier molecular flexibility index (Phi) is 7.08. The van der Waals surface area contributed by atoms with Crippen molar-refractivity contribution >= 4 is 0 Å². The van der Waals surface area contributed by atoms with E-state index in [4.69, 9.17) is 4.74 Å². The highest BCUT2D eigenvalue weighted by molar-refractivity contribution is 5.33. The lowest BCUT2D eigenvalue weighted by Crippen LogP contribution is -2.12. The quantitative estimate of drug-likeness (QED) is 0.339. The maximum absolute atomic E-state index is 12.7. The molecule has 0 saturated carbocycles. The zero-order chi connectivity index (χ0) is 18.4. The summed E-state index contributed by atoms with van der Waals surface area (Å²) in [5.41, 5.74) is -1.83. The van der Waals surface area contributed by atoms with Crippen LogP contribution in [0.3, 0.4) is 0 Å². The van der Waals surface area contributed by atoms with E-state index in [1.165, 1.54) is 0 Å². The van der Waals surface area contributed by atoms with Gasteiger partial charge in [-0.15, -0.1) is 0 Å². The second-order valence-electron chi connectivity index (χ2n) is 5.26. The smallest absolute Gasteiger partial charge is 0.376 e. The van der Waals surface area contributed by atoms with Crippen molar-refractivity contribution in [3.8, 4) is 0 Å². The van der Waals surface area contributed by atoms with Gasteiger partial charge in [-0.3, -0.25) is 0 Å². The molecule has 0 aliphatic carbocycles. The lowest BCUT2D eigenvalue weighted by Gasteiger charge is -2.14. The number of alkyl halides is 6. The minimum Gasteiger partial charge on any atom is -0.376 e. The number of benzene rings is 1. The molecule has 0 aliphatic rings. The minimum absolute atomic E-state index is 0.105. The van der Waals surface area contributed by atoms with E-state index in [0.717, 1.165) is 5.57 Å². The minimum atomic E-state index is -4.85. The van der Waals surface area contributed by atoms with Crippen molar-refractivity contribution in [1.82, 2.24) is 0 Å². The molecule has 0 aliphatic heterocycles. The third-order valence-corrected chi connectivity index (χ3v) is 3.13. The molecule has 0 atom stereocenters. The Morgan fingerprint density at radius 2 is 1.54 bits per heavy atom. The van der Waals surface area contributed by atoms with Crippen LogP contribution in [-0.4, -0.2) is 6.61 Å². The van der Waals surface area contributed by atoms with Crippen molar-refractivity contribution in [2.45, 2.75) is 39.2 Å². The van der Waals surface area contributed by atoms with Crippen molar-refractivity contribution in [3.05, 3.63) is 58.7 Å². The molecule has 0 fully saturated rings. The Morgan fingerprint density at radius 1 is 1.00 bits per heavy atom. The molecule has 0 unspecified atom stereocenters. The van der Waals surface area contributed by atoms with E-state index in [1.807, 2.05) is 32.1 Å². The first-order valence-electron chi connectivity index (χ1n) is 7.18. The third kappa shape index (κ3) is 6.78. The van der Waals surface area contributed by atoms with Crippen LogP contribution in [0.25, 0.3) is 0 Å². The summed E-state index contributed by atoms with van der Waals surface area (Å²) in [5.74, 6) is 0. The van der Waals surface area contributed by atoms with Crippen LogP contribution in [0.2, 0.25) is 0 Å². The maximum Gasteiger partial charge on any atom is 0.416 e. The number of halogens is 6. The molecule has 7 heteroatoms. The van der Waals surface area contributed by atoms with Crippen LogP contribution in [0.5, 0.6) is 0 Å². The van der Waals surface area contributed by atoms with Crippen LogP contribution in [0.15, 0.2) is 42.0 Å². The van der Waals surface area contributed by atoms with Gasteiger partial charge < -0.3 is 4.74 Å². The molecule has 0 bridgehead atoms. The summed E-state index contributed by atoms with van der Waals surface area (Å²) in [4.78, 5) is 0. The van der Waals surface area contributed by atoms with Gasteiger partial charge in [-0.1, -0.05) is 23.8 Å². The number of rotatable bonds is 6. The molecule has 1 rings (SSSR count). The summed E-state index contributed by atoms with van der Waals surface area (Å²) in [5, 5.41) is 0. The average molecular weight is 352 g/mol.